The van der Waals surface area contributed by atoms with Gasteiger partial charge in [0.05, 0.1) is 7.11 Å². The van der Waals surface area contributed by atoms with Crippen LogP contribution >= 0.6 is 28.1 Å². The highest BCUT2D eigenvalue weighted by Crippen LogP contribution is 2.23. The van der Waals surface area contributed by atoms with Crippen LogP contribution in [-0.2, 0) is 9.53 Å². The van der Waals surface area contributed by atoms with Crippen LogP contribution in [0.15, 0.2) is 28.7 Å². The van der Waals surface area contributed by atoms with Crippen LogP contribution in [0, 0.1) is 0 Å². The molecule has 24 heavy (non-hydrogen) atoms. The Bertz CT molecular complexity index is 596. The predicted molar refractivity (Wildman–Crippen MR) is 103 cm³/mol. The summed E-state index contributed by atoms with van der Waals surface area (Å²) in [5.74, 6) is 0.395. The number of benzene rings is 1. The van der Waals surface area contributed by atoms with Gasteiger partial charge in [0.2, 0.25) is 0 Å². The first-order chi connectivity index (χ1) is 11.5. The van der Waals surface area contributed by atoms with Crippen molar-refractivity contribution in [3.8, 4) is 5.75 Å². The van der Waals surface area contributed by atoms with Crippen LogP contribution in [0.1, 0.15) is 12.0 Å². The second-order valence-corrected chi connectivity index (χ2v) is 6.14. The van der Waals surface area contributed by atoms with Gasteiger partial charge in [0.25, 0.3) is 5.91 Å². The molecule has 0 aliphatic carbocycles. The predicted octanol–water partition coefficient (Wildman–Crippen LogP) is 2.34. The second kappa shape index (κ2) is 11.0. The Balaban J connectivity index is 2.53. The number of ether oxygens (including phenoxy) is 2. The smallest absolute Gasteiger partial charge is 0.262 e. The number of rotatable bonds is 7. The van der Waals surface area contributed by atoms with E-state index in [4.69, 9.17) is 21.7 Å². The Labute approximate surface area is 156 Å². The average molecular weight is 416 g/mol. The van der Waals surface area contributed by atoms with Gasteiger partial charge in [-0.15, -0.1) is 0 Å². The van der Waals surface area contributed by atoms with Crippen molar-refractivity contribution in [1.82, 2.24) is 15.8 Å². The van der Waals surface area contributed by atoms with E-state index in [2.05, 4.69) is 26.7 Å². The van der Waals surface area contributed by atoms with Crippen LogP contribution in [0.2, 0.25) is 0 Å². The molecule has 1 amide bonds. The number of hydrogen-bond donors (Lipinski definition) is 2. The number of methoxy groups -OCH3 is 2. The number of hydrazine groups is 1. The van der Waals surface area contributed by atoms with E-state index >= 15 is 0 Å². The lowest BCUT2D eigenvalue weighted by molar-refractivity contribution is -0.119. The van der Waals surface area contributed by atoms with Crippen LogP contribution in [0.3, 0.4) is 0 Å². The molecule has 2 N–H and O–H groups in total. The van der Waals surface area contributed by atoms with E-state index in [9.17, 15) is 4.79 Å². The quantitative estimate of drug-likeness (QED) is 0.308. The Hall–Kier alpha value is -1.64. The topological polar surface area (TPSA) is 62.8 Å². The highest BCUT2D eigenvalue weighted by Gasteiger charge is 2.06. The van der Waals surface area contributed by atoms with E-state index in [0.29, 0.717) is 24.0 Å². The molecule has 0 radical (unpaired) electrons. The zero-order valence-electron chi connectivity index (χ0n) is 14.0. The minimum atomic E-state index is -0.291. The highest BCUT2D eigenvalue weighted by molar-refractivity contribution is 9.10. The summed E-state index contributed by atoms with van der Waals surface area (Å²) in [6.07, 6.45) is 3.94. The highest BCUT2D eigenvalue weighted by atomic mass is 79.9. The molecular weight excluding hydrogens is 394 g/mol. The third-order valence-corrected chi connectivity index (χ3v) is 3.90. The van der Waals surface area contributed by atoms with Crippen molar-refractivity contribution in [1.29, 1.82) is 0 Å². The van der Waals surface area contributed by atoms with Crippen molar-refractivity contribution in [3.05, 3.63) is 34.3 Å². The Morgan fingerprint density at radius 3 is 2.83 bits per heavy atom. The van der Waals surface area contributed by atoms with E-state index in [0.717, 1.165) is 16.5 Å². The van der Waals surface area contributed by atoms with Gasteiger partial charge in [-0.05, 0) is 42.9 Å². The molecule has 0 saturated carbocycles. The van der Waals surface area contributed by atoms with Gasteiger partial charge >= 0.3 is 0 Å². The van der Waals surface area contributed by atoms with Gasteiger partial charge in [0.15, 0.2) is 5.11 Å². The first-order valence-electron chi connectivity index (χ1n) is 7.30. The van der Waals surface area contributed by atoms with Gasteiger partial charge in [-0.1, -0.05) is 15.9 Å². The molecule has 0 bridgehead atoms. The molecule has 6 nitrogen and oxygen atoms in total. The molecule has 1 rings (SSSR count). The van der Waals surface area contributed by atoms with Crippen LogP contribution in [-0.4, -0.2) is 50.4 Å². The normalized spacial score (nSPS) is 10.5. The molecule has 0 spiro atoms. The van der Waals surface area contributed by atoms with Gasteiger partial charge in [-0.2, -0.15) is 0 Å². The zero-order chi connectivity index (χ0) is 17.9. The number of halogens is 1. The molecule has 0 aliphatic heterocycles. The molecule has 0 aromatic heterocycles. The number of thiocarbonyl (C=S) groups is 1. The summed E-state index contributed by atoms with van der Waals surface area (Å²) in [5.41, 5.74) is 3.46. The maximum atomic E-state index is 12.0. The lowest BCUT2D eigenvalue weighted by Crippen LogP contribution is -2.47. The van der Waals surface area contributed by atoms with Gasteiger partial charge in [0, 0.05) is 43.4 Å². The molecule has 0 saturated heterocycles. The summed E-state index contributed by atoms with van der Waals surface area (Å²) < 4.78 is 11.1. The van der Waals surface area contributed by atoms with Crippen LogP contribution in [0.5, 0.6) is 5.75 Å². The van der Waals surface area contributed by atoms with Crippen molar-refractivity contribution in [2.24, 2.45) is 0 Å². The van der Waals surface area contributed by atoms with Crippen LogP contribution in [0.25, 0.3) is 6.08 Å². The zero-order valence-corrected chi connectivity index (χ0v) is 16.4. The molecule has 0 fully saturated rings. The average Bonchev–Trinajstić information content (AvgIpc) is 2.56. The second-order valence-electron chi connectivity index (χ2n) is 4.83. The van der Waals surface area contributed by atoms with Gasteiger partial charge in [-0.25, -0.2) is 0 Å². The summed E-state index contributed by atoms with van der Waals surface area (Å²) in [4.78, 5) is 12.0. The number of hydrogen-bond acceptors (Lipinski definition) is 4. The number of amides is 1. The number of carbonyl (C=O) groups excluding carboxylic acids is 1. The van der Waals surface area contributed by atoms with E-state index in [-0.39, 0.29) is 5.91 Å². The van der Waals surface area contributed by atoms with Gasteiger partial charge < -0.3 is 14.8 Å². The standard InChI is InChI=1S/C16H22BrN3O3S/c1-20(16(24)18-9-4-10-22-2)19-15(21)8-5-12-11-13(17)6-7-14(12)23-3/h5-8,11H,4,9-10H2,1-3H3,(H,18,24)(H,19,21)/b8-5+. The Morgan fingerprint density at radius 2 is 2.17 bits per heavy atom. The molecular formula is C16H22BrN3O3S. The Kier molecular flexibility index (Phi) is 9.36. The molecule has 0 unspecified atom stereocenters. The van der Waals surface area contributed by atoms with Crippen molar-refractivity contribution in [3.63, 3.8) is 0 Å². The maximum absolute atomic E-state index is 12.0. The Morgan fingerprint density at radius 1 is 1.42 bits per heavy atom. The maximum Gasteiger partial charge on any atom is 0.262 e. The molecule has 1 aromatic carbocycles. The molecule has 1 aromatic rings. The van der Waals surface area contributed by atoms with Crippen LogP contribution in [0.4, 0.5) is 0 Å². The molecule has 0 heterocycles. The lowest BCUT2D eigenvalue weighted by atomic mass is 10.2. The number of nitrogens with one attached hydrogen (secondary N) is 2. The van der Waals surface area contributed by atoms with Crippen LogP contribution < -0.4 is 15.5 Å². The van der Waals surface area contributed by atoms with E-state index in [1.54, 1.807) is 27.3 Å². The fraction of sp³-hybridized carbons (Fsp3) is 0.375. The first-order valence-corrected chi connectivity index (χ1v) is 8.50. The lowest BCUT2D eigenvalue weighted by Gasteiger charge is -2.20. The summed E-state index contributed by atoms with van der Waals surface area (Å²) in [5, 5.41) is 4.94. The third kappa shape index (κ3) is 7.29. The van der Waals surface area contributed by atoms with Crippen molar-refractivity contribution < 1.29 is 14.3 Å². The summed E-state index contributed by atoms with van der Waals surface area (Å²) in [6.45, 7) is 1.33. The summed E-state index contributed by atoms with van der Waals surface area (Å²) in [6, 6.07) is 5.57. The van der Waals surface area contributed by atoms with Crippen molar-refractivity contribution in [2.75, 3.05) is 34.4 Å². The minimum Gasteiger partial charge on any atom is -0.496 e. The fourth-order valence-electron chi connectivity index (χ4n) is 1.78. The van der Waals surface area contributed by atoms with Gasteiger partial charge in [-0.3, -0.25) is 15.2 Å². The van der Waals surface area contributed by atoms with Gasteiger partial charge in [0.1, 0.15) is 5.75 Å². The number of carbonyl (C=O) groups is 1. The molecule has 8 heteroatoms. The van der Waals surface area contributed by atoms with Crippen molar-refractivity contribution >= 4 is 45.2 Å². The monoisotopic (exact) mass is 415 g/mol. The van der Waals surface area contributed by atoms with Crippen molar-refractivity contribution in [2.45, 2.75) is 6.42 Å². The molecule has 0 atom stereocenters. The van der Waals surface area contributed by atoms with E-state index in [1.165, 1.54) is 11.1 Å². The summed E-state index contributed by atoms with van der Waals surface area (Å²) in [7, 11) is 4.91. The number of nitrogens with zero attached hydrogens (tertiary/aromatic N) is 1. The first kappa shape index (κ1) is 20.4. The molecule has 132 valence electrons. The third-order valence-electron chi connectivity index (χ3n) is 2.99. The SMILES string of the molecule is COCCCNC(=S)N(C)NC(=O)/C=C/c1cc(Br)ccc1OC. The largest absolute Gasteiger partial charge is 0.496 e. The summed E-state index contributed by atoms with van der Waals surface area (Å²) >= 11 is 8.58. The van der Waals surface area contributed by atoms with E-state index < -0.39 is 0 Å². The minimum absolute atomic E-state index is 0.291. The fourth-order valence-corrected chi connectivity index (χ4v) is 2.31. The molecule has 0 aliphatic rings. The van der Waals surface area contributed by atoms with E-state index in [1.807, 2.05) is 18.2 Å².